The monoisotopic (exact) mass is 283 g/mol. The van der Waals surface area contributed by atoms with Crippen LogP contribution in [0.5, 0.6) is 0 Å². The standard InChI is InChI=1S/C16H21N5/c1-4-14-16-13(17)6-5-7-15(16)21(19-14)10-12-8-9-20(18-12)11(2)3/h5-9,11H,4,10,17H2,1-3H3. The molecule has 0 spiro atoms. The van der Waals surface area contributed by atoms with Gasteiger partial charge in [0.1, 0.15) is 0 Å². The molecule has 5 nitrogen and oxygen atoms in total. The minimum absolute atomic E-state index is 0.370. The predicted molar refractivity (Wildman–Crippen MR) is 85.2 cm³/mol. The van der Waals surface area contributed by atoms with Crippen molar-refractivity contribution in [2.75, 3.05) is 5.73 Å². The van der Waals surface area contributed by atoms with Gasteiger partial charge in [-0.2, -0.15) is 10.2 Å². The largest absolute Gasteiger partial charge is 0.398 e. The van der Waals surface area contributed by atoms with Crippen LogP contribution >= 0.6 is 0 Å². The minimum Gasteiger partial charge on any atom is -0.398 e. The average molecular weight is 283 g/mol. The van der Waals surface area contributed by atoms with Gasteiger partial charge < -0.3 is 5.73 Å². The Kier molecular flexibility index (Phi) is 3.41. The van der Waals surface area contributed by atoms with Crippen LogP contribution in [0.3, 0.4) is 0 Å². The number of nitrogens with zero attached hydrogens (tertiary/aromatic N) is 4. The Labute approximate surface area is 124 Å². The first kappa shape index (κ1) is 13.7. The van der Waals surface area contributed by atoms with Gasteiger partial charge >= 0.3 is 0 Å². The summed E-state index contributed by atoms with van der Waals surface area (Å²) in [6.45, 7) is 7.01. The molecule has 2 aromatic heterocycles. The van der Waals surface area contributed by atoms with Crippen LogP contribution in [0, 0.1) is 0 Å². The lowest BCUT2D eigenvalue weighted by Gasteiger charge is -2.04. The van der Waals surface area contributed by atoms with Crippen molar-refractivity contribution in [3.05, 3.63) is 41.9 Å². The number of fused-ring (bicyclic) bond motifs is 1. The molecule has 0 amide bonds. The Morgan fingerprint density at radius 1 is 1.19 bits per heavy atom. The van der Waals surface area contributed by atoms with Gasteiger partial charge in [0, 0.05) is 23.3 Å². The highest BCUT2D eigenvalue weighted by atomic mass is 15.3. The predicted octanol–water partition coefficient (Wildman–Crippen LogP) is 3.01. The Morgan fingerprint density at radius 3 is 2.67 bits per heavy atom. The number of aryl methyl sites for hydroxylation is 1. The second kappa shape index (κ2) is 5.24. The first-order valence-electron chi connectivity index (χ1n) is 7.38. The molecule has 0 aliphatic rings. The molecule has 0 radical (unpaired) electrons. The summed E-state index contributed by atoms with van der Waals surface area (Å²) in [5.41, 5.74) is 10.0. The first-order valence-corrected chi connectivity index (χ1v) is 7.38. The zero-order valence-corrected chi connectivity index (χ0v) is 12.7. The summed E-state index contributed by atoms with van der Waals surface area (Å²) in [5.74, 6) is 0. The van der Waals surface area contributed by atoms with E-state index >= 15 is 0 Å². The summed E-state index contributed by atoms with van der Waals surface area (Å²) in [6, 6.07) is 8.39. The van der Waals surface area contributed by atoms with Gasteiger partial charge in [-0.25, -0.2) is 0 Å². The topological polar surface area (TPSA) is 61.7 Å². The third-order valence-corrected chi connectivity index (χ3v) is 3.72. The fraction of sp³-hybridized carbons (Fsp3) is 0.375. The molecule has 0 aliphatic heterocycles. The summed E-state index contributed by atoms with van der Waals surface area (Å²) < 4.78 is 3.97. The van der Waals surface area contributed by atoms with E-state index in [1.54, 1.807) is 0 Å². The fourth-order valence-corrected chi connectivity index (χ4v) is 2.61. The van der Waals surface area contributed by atoms with E-state index in [0.717, 1.165) is 34.4 Å². The van der Waals surface area contributed by atoms with E-state index < -0.39 is 0 Å². The minimum atomic E-state index is 0.370. The molecule has 110 valence electrons. The molecule has 0 unspecified atom stereocenters. The Balaban J connectivity index is 2.02. The van der Waals surface area contributed by atoms with Crippen LogP contribution in [0.15, 0.2) is 30.5 Å². The zero-order chi connectivity index (χ0) is 15.0. The molecule has 3 rings (SSSR count). The van der Waals surface area contributed by atoms with E-state index in [1.165, 1.54) is 0 Å². The molecule has 0 atom stereocenters. The number of aromatic nitrogens is 4. The van der Waals surface area contributed by atoms with Crippen LogP contribution in [-0.4, -0.2) is 19.6 Å². The Bertz CT molecular complexity index is 766. The normalized spacial score (nSPS) is 11.6. The lowest BCUT2D eigenvalue weighted by molar-refractivity contribution is 0.521. The maximum atomic E-state index is 6.11. The van der Waals surface area contributed by atoms with Gasteiger partial charge in [0.05, 0.1) is 23.4 Å². The Hall–Kier alpha value is -2.30. The zero-order valence-electron chi connectivity index (χ0n) is 12.7. The van der Waals surface area contributed by atoms with Crippen molar-refractivity contribution in [1.82, 2.24) is 19.6 Å². The molecule has 3 aromatic rings. The highest BCUT2D eigenvalue weighted by Crippen LogP contribution is 2.25. The van der Waals surface area contributed by atoms with Gasteiger partial charge in [-0.1, -0.05) is 13.0 Å². The second-order valence-electron chi connectivity index (χ2n) is 5.58. The van der Waals surface area contributed by atoms with Crippen molar-refractivity contribution in [1.29, 1.82) is 0 Å². The van der Waals surface area contributed by atoms with Crippen LogP contribution in [-0.2, 0) is 13.0 Å². The van der Waals surface area contributed by atoms with Crippen molar-refractivity contribution in [2.24, 2.45) is 0 Å². The van der Waals surface area contributed by atoms with Crippen molar-refractivity contribution < 1.29 is 0 Å². The quantitative estimate of drug-likeness (QED) is 0.749. The van der Waals surface area contributed by atoms with E-state index in [9.17, 15) is 0 Å². The second-order valence-corrected chi connectivity index (χ2v) is 5.58. The lowest BCUT2D eigenvalue weighted by atomic mass is 10.1. The molecule has 5 heteroatoms. The SMILES string of the molecule is CCc1nn(Cc2ccn(C(C)C)n2)c2cccc(N)c12. The van der Waals surface area contributed by atoms with Crippen LogP contribution in [0.4, 0.5) is 5.69 Å². The van der Waals surface area contributed by atoms with Gasteiger partial charge in [-0.15, -0.1) is 0 Å². The molecule has 21 heavy (non-hydrogen) atoms. The molecule has 0 saturated carbocycles. The molecule has 0 saturated heterocycles. The van der Waals surface area contributed by atoms with E-state index in [-0.39, 0.29) is 0 Å². The highest BCUT2D eigenvalue weighted by molar-refractivity contribution is 5.93. The molecular weight excluding hydrogens is 262 g/mol. The third-order valence-electron chi connectivity index (χ3n) is 3.72. The van der Waals surface area contributed by atoms with E-state index in [0.29, 0.717) is 12.6 Å². The number of hydrogen-bond donors (Lipinski definition) is 1. The lowest BCUT2D eigenvalue weighted by Crippen LogP contribution is -2.06. The van der Waals surface area contributed by atoms with Crippen LogP contribution in [0.2, 0.25) is 0 Å². The number of benzene rings is 1. The number of nitrogen functional groups attached to an aromatic ring is 1. The van der Waals surface area contributed by atoms with E-state index in [4.69, 9.17) is 10.8 Å². The van der Waals surface area contributed by atoms with Gasteiger partial charge in [0.15, 0.2) is 0 Å². The molecule has 2 N–H and O–H groups in total. The molecule has 0 fully saturated rings. The van der Waals surface area contributed by atoms with Crippen LogP contribution in [0.1, 0.15) is 38.2 Å². The summed E-state index contributed by atoms with van der Waals surface area (Å²) in [7, 11) is 0. The van der Waals surface area contributed by atoms with E-state index in [2.05, 4.69) is 31.9 Å². The van der Waals surface area contributed by atoms with Crippen molar-refractivity contribution >= 4 is 16.6 Å². The van der Waals surface area contributed by atoms with Crippen molar-refractivity contribution in [2.45, 2.75) is 39.8 Å². The molecule has 2 heterocycles. The molecule has 1 aromatic carbocycles. The Morgan fingerprint density at radius 2 is 2.00 bits per heavy atom. The number of nitrogens with two attached hydrogens (primary N) is 1. The smallest absolute Gasteiger partial charge is 0.0857 e. The van der Waals surface area contributed by atoms with Crippen LogP contribution in [0.25, 0.3) is 10.9 Å². The highest BCUT2D eigenvalue weighted by Gasteiger charge is 2.13. The number of hydrogen-bond acceptors (Lipinski definition) is 3. The van der Waals surface area contributed by atoms with Gasteiger partial charge in [-0.05, 0) is 38.5 Å². The van der Waals surface area contributed by atoms with Gasteiger partial charge in [0.25, 0.3) is 0 Å². The number of rotatable bonds is 4. The molecular formula is C16H21N5. The summed E-state index contributed by atoms with van der Waals surface area (Å²) in [4.78, 5) is 0. The number of anilines is 1. The average Bonchev–Trinajstić information content (AvgIpc) is 3.05. The van der Waals surface area contributed by atoms with E-state index in [1.807, 2.05) is 33.8 Å². The maximum Gasteiger partial charge on any atom is 0.0857 e. The maximum absolute atomic E-state index is 6.11. The first-order chi connectivity index (χ1) is 10.1. The fourth-order valence-electron chi connectivity index (χ4n) is 2.61. The van der Waals surface area contributed by atoms with Gasteiger partial charge in [-0.3, -0.25) is 9.36 Å². The van der Waals surface area contributed by atoms with Gasteiger partial charge in [0.2, 0.25) is 0 Å². The van der Waals surface area contributed by atoms with Crippen molar-refractivity contribution in [3.8, 4) is 0 Å². The molecule has 0 aliphatic carbocycles. The molecule has 0 bridgehead atoms. The van der Waals surface area contributed by atoms with Crippen molar-refractivity contribution in [3.63, 3.8) is 0 Å². The summed E-state index contributed by atoms with van der Waals surface area (Å²) in [6.07, 6.45) is 2.89. The summed E-state index contributed by atoms with van der Waals surface area (Å²) in [5, 5.41) is 10.4. The summed E-state index contributed by atoms with van der Waals surface area (Å²) >= 11 is 0. The van der Waals surface area contributed by atoms with Crippen LogP contribution < -0.4 is 5.73 Å². The third kappa shape index (κ3) is 2.39.